The summed E-state index contributed by atoms with van der Waals surface area (Å²) in [6.45, 7) is 0.0501. The number of carbonyl (C=O) groups is 3. The van der Waals surface area contributed by atoms with Crippen molar-refractivity contribution in [2.45, 2.75) is 6.42 Å². The van der Waals surface area contributed by atoms with Gasteiger partial charge in [-0.15, -0.1) is 0 Å². The smallest absolute Gasteiger partial charge is 0.307 e. The number of ether oxygens (including phenoxy) is 1. The third kappa shape index (κ3) is 8.11. The number of halogens is 1. The van der Waals surface area contributed by atoms with Crippen molar-refractivity contribution in [3.8, 4) is 0 Å². The molecule has 0 spiro atoms. The quantitative estimate of drug-likeness (QED) is 0.104. The van der Waals surface area contributed by atoms with Crippen LogP contribution in [0.15, 0.2) is 75.5 Å². The molecular formula is C27H20ClN3O6S4. The molecule has 0 atom stereocenters. The number of carbonyl (C=O) groups excluding carboxylic acids is 3. The van der Waals surface area contributed by atoms with E-state index in [1.165, 1.54) is 39.8 Å². The van der Waals surface area contributed by atoms with Crippen LogP contribution >= 0.6 is 59.6 Å². The molecule has 41 heavy (non-hydrogen) atoms. The van der Waals surface area contributed by atoms with Crippen molar-refractivity contribution in [3.05, 3.63) is 96.8 Å². The fourth-order valence-corrected chi connectivity index (χ4v) is 6.54. The Bertz CT molecular complexity index is 1510. The number of amides is 2. The Morgan fingerprint density at radius 3 is 2.20 bits per heavy atom. The minimum absolute atomic E-state index is 0.0445. The van der Waals surface area contributed by atoms with Crippen LogP contribution in [-0.4, -0.2) is 60.8 Å². The van der Waals surface area contributed by atoms with Crippen LogP contribution in [0.5, 0.6) is 0 Å². The molecule has 0 saturated carbocycles. The van der Waals surface area contributed by atoms with Crippen molar-refractivity contribution in [2.75, 3.05) is 19.7 Å². The number of thioether (sulfide) groups is 2. The summed E-state index contributed by atoms with van der Waals surface area (Å²) in [7, 11) is 0. The number of benzene rings is 2. The van der Waals surface area contributed by atoms with Crippen molar-refractivity contribution in [1.29, 1.82) is 0 Å². The van der Waals surface area contributed by atoms with Gasteiger partial charge in [0.1, 0.15) is 15.2 Å². The molecule has 2 amide bonds. The second-order valence-corrected chi connectivity index (χ2v) is 12.2. The summed E-state index contributed by atoms with van der Waals surface area (Å²) in [5.74, 6) is -1.18. The highest BCUT2D eigenvalue weighted by Gasteiger charge is 2.33. The zero-order valence-corrected chi connectivity index (χ0v) is 25.1. The van der Waals surface area contributed by atoms with Crippen molar-refractivity contribution < 1.29 is 24.0 Å². The number of hydrogen-bond donors (Lipinski definition) is 0. The van der Waals surface area contributed by atoms with E-state index < -0.39 is 10.9 Å². The summed E-state index contributed by atoms with van der Waals surface area (Å²) in [6, 6.07) is 15.2. The molecule has 2 aliphatic heterocycles. The van der Waals surface area contributed by atoms with Gasteiger partial charge in [-0.2, -0.15) is 0 Å². The molecule has 0 unspecified atom stereocenters. The second kappa shape index (κ2) is 14.0. The van der Waals surface area contributed by atoms with E-state index in [-0.39, 0.29) is 48.7 Å². The van der Waals surface area contributed by atoms with Gasteiger partial charge in [-0.3, -0.25) is 34.3 Å². The number of hydrogen-bond acceptors (Lipinski definition) is 10. The van der Waals surface area contributed by atoms with Gasteiger partial charge in [0, 0.05) is 23.7 Å². The van der Waals surface area contributed by atoms with E-state index in [0.717, 1.165) is 17.3 Å². The van der Waals surface area contributed by atoms with E-state index in [0.29, 0.717) is 24.0 Å². The van der Waals surface area contributed by atoms with Crippen LogP contribution in [0.2, 0.25) is 0 Å². The van der Waals surface area contributed by atoms with E-state index in [2.05, 4.69) is 0 Å². The van der Waals surface area contributed by atoms with Crippen molar-refractivity contribution in [3.63, 3.8) is 0 Å². The molecule has 0 bridgehead atoms. The Labute approximate surface area is 259 Å². The number of nitro groups is 1. The Balaban J connectivity index is 1.25. The molecule has 9 nitrogen and oxygen atoms in total. The SMILES string of the molecule is O=C(CCN1C(=O)/C(=C/c2ccccc2)SC1=S)OCCN1C(=O)/C(=C\C(Cl)=C\c2ccc([N+](=O)[O-])cc2)SC1=S. The predicted molar refractivity (Wildman–Crippen MR) is 169 cm³/mol. The minimum atomic E-state index is -0.541. The van der Waals surface area contributed by atoms with Crippen LogP contribution in [0.4, 0.5) is 5.69 Å². The molecular weight excluding hydrogens is 626 g/mol. The average molecular weight is 646 g/mol. The monoisotopic (exact) mass is 645 g/mol. The molecule has 2 heterocycles. The lowest BCUT2D eigenvalue weighted by molar-refractivity contribution is -0.384. The molecule has 0 aliphatic carbocycles. The number of nitrogens with zero attached hydrogens (tertiary/aromatic N) is 3. The van der Waals surface area contributed by atoms with E-state index >= 15 is 0 Å². The van der Waals surface area contributed by atoms with Crippen LogP contribution in [0, 0.1) is 10.1 Å². The Morgan fingerprint density at radius 2 is 1.54 bits per heavy atom. The van der Waals surface area contributed by atoms with Gasteiger partial charge in [-0.1, -0.05) is 89.9 Å². The Hall–Kier alpha value is -3.36. The molecule has 0 N–H and O–H groups in total. The number of non-ortho nitro benzene ring substituents is 1. The van der Waals surface area contributed by atoms with Gasteiger partial charge in [0.05, 0.1) is 27.7 Å². The lowest BCUT2D eigenvalue weighted by atomic mass is 10.2. The molecule has 0 aromatic heterocycles. The zero-order chi connectivity index (χ0) is 29.5. The van der Waals surface area contributed by atoms with Gasteiger partial charge < -0.3 is 4.74 Å². The van der Waals surface area contributed by atoms with Crippen molar-refractivity contribution in [1.82, 2.24) is 9.80 Å². The topological polar surface area (TPSA) is 110 Å². The summed E-state index contributed by atoms with van der Waals surface area (Å²) in [4.78, 5) is 51.6. The highest BCUT2D eigenvalue weighted by molar-refractivity contribution is 8.27. The van der Waals surface area contributed by atoms with Gasteiger partial charge in [0.2, 0.25) is 0 Å². The molecule has 2 aromatic carbocycles. The maximum absolute atomic E-state index is 12.8. The number of esters is 1. The van der Waals surface area contributed by atoms with E-state index in [1.807, 2.05) is 30.3 Å². The number of allylic oxidation sites excluding steroid dienone is 2. The molecule has 0 radical (unpaired) electrons. The summed E-state index contributed by atoms with van der Waals surface area (Å²) in [5.41, 5.74) is 1.45. The van der Waals surface area contributed by atoms with E-state index in [4.69, 9.17) is 40.8 Å². The van der Waals surface area contributed by atoms with E-state index in [1.54, 1.807) is 24.3 Å². The Morgan fingerprint density at radius 1 is 0.927 bits per heavy atom. The molecule has 2 saturated heterocycles. The first-order chi connectivity index (χ1) is 19.6. The fourth-order valence-electron chi connectivity index (χ4n) is 3.63. The molecule has 2 aromatic rings. The van der Waals surface area contributed by atoms with Crippen molar-refractivity contribution >= 4 is 104 Å². The predicted octanol–water partition coefficient (Wildman–Crippen LogP) is 5.75. The second-order valence-electron chi connectivity index (χ2n) is 8.43. The number of nitro benzene ring substituents is 1. The zero-order valence-electron chi connectivity index (χ0n) is 21.1. The first kappa shape index (κ1) is 30.6. The molecule has 2 fully saturated rings. The molecule has 4 rings (SSSR count). The minimum Gasteiger partial charge on any atom is -0.464 e. The summed E-state index contributed by atoms with van der Waals surface area (Å²) in [6.07, 6.45) is 4.72. The normalized spacial score (nSPS) is 17.7. The van der Waals surface area contributed by atoms with Crippen LogP contribution < -0.4 is 0 Å². The van der Waals surface area contributed by atoms with Gasteiger partial charge in [0.25, 0.3) is 17.5 Å². The number of rotatable bonds is 10. The van der Waals surface area contributed by atoms with Gasteiger partial charge in [0.15, 0.2) is 0 Å². The highest BCUT2D eigenvalue weighted by Crippen LogP contribution is 2.34. The fraction of sp³-hybridized carbons (Fsp3) is 0.148. The van der Waals surface area contributed by atoms with Crippen LogP contribution in [-0.2, 0) is 19.1 Å². The standard InChI is InChI=1S/C27H20ClN3O6S4/c28-19(14-18-6-8-20(9-7-18)31(35)36)16-22-25(34)30(27(39)41-22)12-13-37-23(32)10-11-29-24(33)21(40-26(29)38)15-17-4-2-1-3-5-17/h1-9,14-16H,10-13H2/b19-14-,21-15-,22-16+. The summed E-state index contributed by atoms with van der Waals surface area (Å²) in [5, 5.41) is 11.0. The van der Waals surface area contributed by atoms with E-state index in [9.17, 15) is 24.5 Å². The highest BCUT2D eigenvalue weighted by atomic mass is 35.5. The summed E-state index contributed by atoms with van der Waals surface area (Å²) >= 11 is 19.1. The number of thiocarbonyl (C=S) groups is 2. The maximum Gasteiger partial charge on any atom is 0.307 e. The lowest BCUT2D eigenvalue weighted by Gasteiger charge is -2.16. The molecule has 14 heteroatoms. The van der Waals surface area contributed by atoms with Crippen molar-refractivity contribution in [2.24, 2.45) is 0 Å². The largest absolute Gasteiger partial charge is 0.464 e. The van der Waals surface area contributed by atoms with Crippen LogP contribution in [0.1, 0.15) is 17.5 Å². The first-order valence-electron chi connectivity index (χ1n) is 12.0. The summed E-state index contributed by atoms with van der Waals surface area (Å²) < 4.78 is 5.93. The first-order valence-corrected chi connectivity index (χ1v) is 14.8. The van der Waals surface area contributed by atoms with Gasteiger partial charge >= 0.3 is 5.97 Å². The Kier molecular flexibility index (Phi) is 10.5. The third-order valence-corrected chi connectivity index (χ3v) is 8.61. The third-order valence-electron chi connectivity index (χ3n) is 5.64. The van der Waals surface area contributed by atoms with Gasteiger partial charge in [-0.25, -0.2) is 0 Å². The van der Waals surface area contributed by atoms with Crippen LogP contribution in [0.25, 0.3) is 12.2 Å². The molecule has 2 aliphatic rings. The average Bonchev–Trinajstić information content (AvgIpc) is 3.36. The van der Waals surface area contributed by atoms with Gasteiger partial charge in [-0.05, 0) is 41.5 Å². The van der Waals surface area contributed by atoms with Crippen LogP contribution in [0.3, 0.4) is 0 Å². The molecule has 210 valence electrons. The lowest BCUT2D eigenvalue weighted by Crippen LogP contribution is -2.33. The maximum atomic E-state index is 12.8.